The van der Waals surface area contributed by atoms with E-state index in [1.807, 2.05) is 0 Å². The molecule has 0 N–H and O–H groups in total. The third kappa shape index (κ3) is 2.38. The van der Waals surface area contributed by atoms with E-state index in [0.29, 0.717) is 11.5 Å². The standard InChI is InChI=1S/C10H11O5/c1-12-7-5-4-6-8(13-2)9(7)10(11)15-14-3/h4-6H,3H2,1-2H3. The minimum atomic E-state index is -0.723. The number of methoxy groups -OCH3 is 2. The Morgan fingerprint density at radius 2 is 1.73 bits per heavy atom. The van der Waals surface area contributed by atoms with Crippen LogP contribution in [0.4, 0.5) is 0 Å². The molecule has 0 unspecified atom stereocenters. The SMILES string of the molecule is [CH2]OOC(=O)c1c(OC)cccc1OC. The summed E-state index contributed by atoms with van der Waals surface area (Å²) in [6, 6.07) is 4.92. The van der Waals surface area contributed by atoms with Crippen LogP contribution >= 0.6 is 0 Å². The molecule has 0 aliphatic rings. The van der Waals surface area contributed by atoms with Crippen LogP contribution in [-0.2, 0) is 9.78 Å². The van der Waals surface area contributed by atoms with Crippen LogP contribution in [0.3, 0.4) is 0 Å². The molecule has 0 saturated heterocycles. The first kappa shape index (κ1) is 11.3. The third-order valence-electron chi connectivity index (χ3n) is 1.77. The fraction of sp³-hybridized carbons (Fsp3) is 0.200. The monoisotopic (exact) mass is 211 g/mol. The van der Waals surface area contributed by atoms with Crippen LogP contribution in [0.25, 0.3) is 0 Å². The van der Waals surface area contributed by atoms with Crippen LogP contribution in [-0.4, -0.2) is 20.2 Å². The summed E-state index contributed by atoms with van der Waals surface area (Å²) in [5, 5.41) is 0. The first-order valence-electron chi connectivity index (χ1n) is 4.08. The van der Waals surface area contributed by atoms with Gasteiger partial charge in [-0.3, -0.25) is 4.89 Å². The quantitative estimate of drug-likeness (QED) is 0.559. The molecule has 0 atom stereocenters. The zero-order chi connectivity index (χ0) is 11.3. The van der Waals surface area contributed by atoms with Gasteiger partial charge in [0.15, 0.2) is 0 Å². The van der Waals surface area contributed by atoms with E-state index in [0.717, 1.165) is 0 Å². The van der Waals surface area contributed by atoms with Crippen molar-refractivity contribution in [3.63, 3.8) is 0 Å². The van der Waals surface area contributed by atoms with Crippen LogP contribution in [0.15, 0.2) is 18.2 Å². The fourth-order valence-electron chi connectivity index (χ4n) is 1.15. The summed E-state index contributed by atoms with van der Waals surface area (Å²) in [6.45, 7) is 0. The molecule has 1 radical (unpaired) electrons. The lowest BCUT2D eigenvalue weighted by molar-refractivity contribution is -0.195. The predicted octanol–water partition coefficient (Wildman–Crippen LogP) is 1.58. The van der Waals surface area contributed by atoms with E-state index in [9.17, 15) is 4.79 Å². The van der Waals surface area contributed by atoms with Gasteiger partial charge in [0, 0.05) is 0 Å². The lowest BCUT2D eigenvalue weighted by Gasteiger charge is -2.10. The first-order chi connectivity index (χ1) is 7.24. The van der Waals surface area contributed by atoms with E-state index in [2.05, 4.69) is 16.9 Å². The van der Waals surface area contributed by atoms with Crippen LogP contribution < -0.4 is 9.47 Å². The molecule has 0 aliphatic heterocycles. The van der Waals surface area contributed by atoms with Crippen molar-refractivity contribution >= 4 is 5.97 Å². The third-order valence-corrected chi connectivity index (χ3v) is 1.77. The number of carbonyl (C=O) groups excluding carboxylic acids is 1. The summed E-state index contributed by atoms with van der Waals surface area (Å²) in [5.74, 6) is -0.0351. The Hall–Kier alpha value is -1.75. The van der Waals surface area contributed by atoms with Crippen LogP contribution in [0.1, 0.15) is 10.4 Å². The summed E-state index contributed by atoms with van der Waals surface area (Å²) >= 11 is 0. The van der Waals surface area contributed by atoms with Gasteiger partial charge in [0.2, 0.25) is 0 Å². The highest BCUT2D eigenvalue weighted by molar-refractivity contribution is 5.95. The van der Waals surface area contributed by atoms with Gasteiger partial charge in [-0.1, -0.05) is 6.07 Å². The molecule has 1 aromatic rings. The lowest BCUT2D eigenvalue weighted by Crippen LogP contribution is -2.07. The van der Waals surface area contributed by atoms with Gasteiger partial charge in [-0.15, -0.1) is 0 Å². The Labute approximate surface area is 87.4 Å². The Morgan fingerprint density at radius 1 is 1.20 bits per heavy atom. The highest BCUT2D eigenvalue weighted by Crippen LogP contribution is 2.28. The first-order valence-corrected chi connectivity index (χ1v) is 4.08. The van der Waals surface area contributed by atoms with E-state index in [-0.39, 0.29) is 5.56 Å². The highest BCUT2D eigenvalue weighted by Gasteiger charge is 2.20. The Bertz CT molecular complexity index is 325. The van der Waals surface area contributed by atoms with E-state index in [1.165, 1.54) is 14.2 Å². The Balaban J connectivity index is 3.15. The molecule has 81 valence electrons. The maximum absolute atomic E-state index is 11.5. The van der Waals surface area contributed by atoms with E-state index in [1.54, 1.807) is 18.2 Å². The molecule has 1 rings (SSSR count). The van der Waals surface area contributed by atoms with Crippen LogP contribution in [0.5, 0.6) is 11.5 Å². The van der Waals surface area contributed by atoms with Crippen LogP contribution in [0, 0.1) is 7.11 Å². The molecule has 0 aromatic heterocycles. The van der Waals surface area contributed by atoms with Gasteiger partial charge in [-0.05, 0) is 12.1 Å². The second kappa shape index (κ2) is 5.21. The molecule has 0 saturated carbocycles. The molecule has 15 heavy (non-hydrogen) atoms. The zero-order valence-electron chi connectivity index (χ0n) is 8.48. The second-order valence-electron chi connectivity index (χ2n) is 2.53. The normalized spacial score (nSPS) is 9.53. The molecule has 0 bridgehead atoms. The summed E-state index contributed by atoms with van der Waals surface area (Å²) < 4.78 is 10.00. The summed E-state index contributed by atoms with van der Waals surface area (Å²) in [7, 11) is 5.82. The van der Waals surface area contributed by atoms with Crippen molar-refractivity contribution in [2.75, 3.05) is 14.2 Å². The maximum Gasteiger partial charge on any atom is 0.380 e. The van der Waals surface area contributed by atoms with Gasteiger partial charge < -0.3 is 9.47 Å². The van der Waals surface area contributed by atoms with Gasteiger partial charge in [-0.25, -0.2) is 4.79 Å². The Morgan fingerprint density at radius 3 is 2.13 bits per heavy atom. The molecule has 0 fully saturated rings. The summed E-state index contributed by atoms with van der Waals surface area (Å²) in [6.07, 6.45) is 0. The number of rotatable bonds is 4. The smallest absolute Gasteiger partial charge is 0.380 e. The number of hydrogen-bond acceptors (Lipinski definition) is 5. The summed E-state index contributed by atoms with van der Waals surface area (Å²) in [4.78, 5) is 19.8. The highest BCUT2D eigenvalue weighted by atomic mass is 17.2. The van der Waals surface area contributed by atoms with Crippen molar-refractivity contribution < 1.29 is 24.0 Å². The van der Waals surface area contributed by atoms with Gasteiger partial charge in [0.25, 0.3) is 0 Å². The van der Waals surface area contributed by atoms with E-state index in [4.69, 9.17) is 9.47 Å². The van der Waals surface area contributed by atoms with Crippen molar-refractivity contribution in [1.29, 1.82) is 0 Å². The molecular formula is C10H11O5. The van der Waals surface area contributed by atoms with Crippen molar-refractivity contribution in [2.45, 2.75) is 0 Å². The van der Waals surface area contributed by atoms with Gasteiger partial charge in [0.05, 0.1) is 14.2 Å². The Kier molecular flexibility index (Phi) is 3.93. The van der Waals surface area contributed by atoms with Crippen molar-refractivity contribution in [1.82, 2.24) is 0 Å². The molecule has 0 spiro atoms. The molecule has 0 heterocycles. The van der Waals surface area contributed by atoms with Gasteiger partial charge >= 0.3 is 5.97 Å². The summed E-state index contributed by atoms with van der Waals surface area (Å²) in [5.41, 5.74) is 0.158. The van der Waals surface area contributed by atoms with E-state index >= 15 is 0 Å². The number of carbonyl (C=O) groups is 1. The lowest BCUT2D eigenvalue weighted by atomic mass is 10.2. The average Bonchev–Trinajstić information content (AvgIpc) is 2.28. The van der Waals surface area contributed by atoms with Gasteiger partial charge in [-0.2, -0.15) is 4.89 Å². The molecule has 5 nitrogen and oxygen atoms in total. The largest absolute Gasteiger partial charge is 0.496 e. The topological polar surface area (TPSA) is 54.0 Å². The maximum atomic E-state index is 11.5. The molecule has 0 aliphatic carbocycles. The minimum Gasteiger partial charge on any atom is -0.496 e. The van der Waals surface area contributed by atoms with Gasteiger partial charge in [0.1, 0.15) is 24.2 Å². The van der Waals surface area contributed by atoms with E-state index < -0.39 is 5.97 Å². The average molecular weight is 211 g/mol. The van der Waals surface area contributed by atoms with Crippen LogP contribution in [0.2, 0.25) is 0 Å². The van der Waals surface area contributed by atoms with Crippen molar-refractivity contribution in [2.24, 2.45) is 0 Å². The number of hydrogen-bond donors (Lipinski definition) is 0. The predicted molar refractivity (Wildman–Crippen MR) is 51.4 cm³/mol. The molecule has 0 amide bonds. The molecular weight excluding hydrogens is 200 g/mol. The number of ether oxygens (including phenoxy) is 2. The number of benzene rings is 1. The van der Waals surface area contributed by atoms with Crippen molar-refractivity contribution in [3.8, 4) is 11.5 Å². The fourth-order valence-corrected chi connectivity index (χ4v) is 1.15. The minimum absolute atomic E-state index is 0.158. The zero-order valence-corrected chi connectivity index (χ0v) is 8.48. The molecule has 1 aromatic carbocycles. The second-order valence-corrected chi connectivity index (χ2v) is 2.53. The molecule has 5 heteroatoms. The van der Waals surface area contributed by atoms with Crippen molar-refractivity contribution in [3.05, 3.63) is 30.9 Å².